The average Bonchev–Trinajstić information content (AvgIpc) is 2.65. The first-order chi connectivity index (χ1) is 12.9. The van der Waals surface area contributed by atoms with Crippen LogP contribution in [0.4, 0.5) is 0 Å². The number of para-hydroxylation sites is 2. The second-order valence-electron chi connectivity index (χ2n) is 5.67. The van der Waals surface area contributed by atoms with E-state index in [4.69, 9.17) is 14.2 Å². The van der Waals surface area contributed by atoms with Crippen LogP contribution in [-0.2, 0) is 9.59 Å². The van der Waals surface area contributed by atoms with Crippen LogP contribution in [0.2, 0.25) is 0 Å². The van der Waals surface area contributed by atoms with Crippen LogP contribution in [0.5, 0.6) is 17.2 Å². The van der Waals surface area contributed by atoms with Crippen LogP contribution in [0.15, 0.2) is 46.9 Å². The molecule has 0 heterocycles. The minimum Gasteiger partial charge on any atom is -0.493 e. The van der Waals surface area contributed by atoms with Gasteiger partial charge in [-0.3, -0.25) is 20.4 Å². The largest absolute Gasteiger partial charge is 0.493 e. The number of hydrogen-bond acceptors (Lipinski definition) is 5. The molecule has 0 aliphatic rings. The van der Waals surface area contributed by atoms with Crippen LogP contribution in [0.1, 0.15) is 12.5 Å². The first-order valence-corrected chi connectivity index (χ1v) is 8.97. The van der Waals surface area contributed by atoms with Crippen molar-refractivity contribution in [2.75, 3.05) is 13.7 Å². The number of halogens is 1. The lowest BCUT2D eigenvalue weighted by Crippen LogP contribution is -2.48. The van der Waals surface area contributed by atoms with Gasteiger partial charge < -0.3 is 14.2 Å². The first-order valence-electron chi connectivity index (χ1n) is 8.18. The topological polar surface area (TPSA) is 85.9 Å². The Morgan fingerprint density at radius 1 is 1.07 bits per heavy atom. The smallest absolute Gasteiger partial charge is 0.279 e. The Morgan fingerprint density at radius 2 is 1.78 bits per heavy atom. The Morgan fingerprint density at radius 3 is 2.44 bits per heavy atom. The zero-order valence-corrected chi connectivity index (χ0v) is 16.8. The lowest BCUT2D eigenvalue weighted by molar-refractivity contribution is -0.133. The van der Waals surface area contributed by atoms with Crippen molar-refractivity contribution in [3.05, 3.63) is 52.5 Å². The molecule has 0 aromatic heterocycles. The number of methoxy groups -OCH3 is 1. The molecule has 144 valence electrons. The molecule has 0 aliphatic carbocycles. The van der Waals surface area contributed by atoms with Gasteiger partial charge in [0.15, 0.2) is 24.2 Å². The molecule has 0 fully saturated rings. The SMILES string of the molecule is COc1ccccc1OC(C)C(=O)NNC(=O)COc1ccc(C)cc1Br. The summed E-state index contributed by atoms with van der Waals surface area (Å²) in [7, 11) is 1.51. The number of aryl methyl sites for hydroxylation is 1. The number of nitrogens with one attached hydrogen (secondary N) is 2. The maximum absolute atomic E-state index is 12.1. The molecular weight excluding hydrogens is 416 g/mol. The fraction of sp³-hybridized carbons (Fsp3) is 0.263. The van der Waals surface area contributed by atoms with Gasteiger partial charge in [-0.05, 0) is 59.6 Å². The zero-order chi connectivity index (χ0) is 19.8. The molecule has 0 saturated heterocycles. The Labute approximate surface area is 166 Å². The summed E-state index contributed by atoms with van der Waals surface area (Å²) in [5.74, 6) is 0.473. The summed E-state index contributed by atoms with van der Waals surface area (Å²) >= 11 is 3.37. The molecule has 2 aromatic carbocycles. The molecule has 0 radical (unpaired) electrons. The summed E-state index contributed by atoms with van der Waals surface area (Å²) in [5, 5.41) is 0. The number of rotatable bonds is 7. The highest BCUT2D eigenvalue weighted by molar-refractivity contribution is 9.10. The second-order valence-corrected chi connectivity index (χ2v) is 6.53. The minimum atomic E-state index is -0.839. The molecule has 27 heavy (non-hydrogen) atoms. The van der Waals surface area contributed by atoms with Gasteiger partial charge >= 0.3 is 0 Å². The number of hydrazine groups is 1. The van der Waals surface area contributed by atoms with E-state index in [1.54, 1.807) is 37.3 Å². The fourth-order valence-electron chi connectivity index (χ4n) is 2.10. The highest BCUT2D eigenvalue weighted by Crippen LogP contribution is 2.27. The third-order valence-corrected chi connectivity index (χ3v) is 4.13. The highest BCUT2D eigenvalue weighted by Gasteiger charge is 2.17. The van der Waals surface area contributed by atoms with E-state index < -0.39 is 17.9 Å². The average molecular weight is 437 g/mol. The molecule has 1 unspecified atom stereocenters. The van der Waals surface area contributed by atoms with Gasteiger partial charge in [0.25, 0.3) is 11.8 Å². The minimum absolute atomic E-state index is 0.246. The Kier molecular flexibility index (Phi) is 7.48. The first kappa shape index (κ1) is 20.6. The van der Waals surface area contributed by atoms with E-state index in [1.807, 2.05) is 19.1 Å². The Bertz CT molecular complexity index is 812. The van der Waals surface area contributed by atoms with Crippen molar-refractivity contribution in [2.24, 2.45) is 0 Å². The van der Waals surface area contributed by atoms with Gasteiger partial charge in [-0.2, -0.15) is 0 Å². The molecule has 2 rings (SSSR count). The predicted molar refractivity (Wildman–Crippen MR) is 104 cm³/mol. The van der Waals surface area contributed by atoms with Crippen LogP contribution >= 0.6 is 15.9 Å². The van der Waals surface area contributed by atoms with Gasteiger partial charge in [-0.15, -0.1) is 0 Å². The molecule has 7 nitrogen and oxygen atoms in total. The monoisotopic (exact) mass is 436 g/mol. The van der Waals surface area contributed by atoms with Crippen molar-refractivity contribution in [3.63, 3.8) is 0 Å². The van der Waals surface area contributed by atoms with Crippen LogP contribution in [0, 0.1) is 6.92 Å². The summed E-state index contributed by atoms with van der Waals surface area (Å²) < 4.78 is 16.9. The molecule has 2 N–H and O–H groups in total. The lowest BCUT2D eigenvalue weighted by Gasteiger charge is -2.17. The van der Waals surface area contributed by atoms with Gasteiger partial charge in [0.1, 0.15) is 5.75 Å². The molecule has 0 aliphatic heterocycles. The second kappa shape index (κ2) is 9.82. The van der Waals surface area contributed by atoms with Gasteiger partial charge in [0, 0.05) is 0 Å². The van der Waals surface area contributed by atoms with Crippen LogP contribution in [-0.4, -0.2) is 31.6 Å². The van der Waals surface area contributed by atoms with Crippen LogP contribution in [0.25, 0.3) is 0 Å². The third kappa shape index (κ3) is 6.18. The molecule has 2 amide bonds. The van der Waals surface area contributed by atoms with Crippen molar-refractivity contribution in [1.82, 2.24) is 10.9 Å². The van der Waals surface area contributed by atoms with E-state index in [2.05, 4.69) is 26.8 Å². The van der Waals surface area contributed by atoms with E-state index in [9.17, 15) is 9.59 Å². The van der Waals surface area contributed by atoms with Crippen molar-refractivity contribution in [1.29, 1.82) is 0 Å². The maximum atomic E-state index is 12.1. The fourth-order valence-corrected chi connectivity index (χ4v) is 2.70. The summed E-state index contributed by atoms with van der Waals surface area (Å²) in [5.41, 5.74) is 5.66. The molecule has 2 aromatic rings. The van der Waals surface area contributed by atoms with Gasteiger partial charge in [0.05, 0.1) is 11.6 Å². The van der Waals surface area contributed by atoms with Gasteiger partial charge in [0.2, 0.25) is 0 Å². The highest BCUT2D eigenvalue weighted by atomic mass is 79.9. The standard InChI is InChI=1S/C19H21BrN2O5/c1-12-8-9-15(14(20)10-12)26-11-18(23)21-22-19(24)13(2)27-17-7-5-4-6-16(17)25-3/h4-10,13H,11H2,1-3H3,(H,21,23)(H,22,24). The van der Waals surface area contributed by atoms with Crippen LogP contribution in [0.3, 0.4) is 0 Å². The summed E-state index contributed by atoms with van der Waals surface area (Å²) in [6.45, 7) is 3.27. The number of carbonyl (C=O) groups excluding carboxylic acids is 2. The number of carbonyl (C=O) groups is 2. The van der Waals surface area contributed by atoms with Gasteiger partial charge in [-0.1, -0.05) is 18.2 Å². The maximum Gasteiger partial charge on any atom is 0.279 e. The third-order valence-electron chi connectivity index (χ3n) is 3.51. The quantitative estimate of drug-likeness (QED) is 0.651. The van der Waals surface area contributed by atoms with Crippen molar-refractivity contribution in [3.8, 4) is 17.2 Å². The van der Waals surface area contributed by atoms with Gasteiger partial charge in [-0.25, -0.2) is 0 Å². The number of hydrogen-bond donors (Lipinski definition) is 2. The summed E-state index contributed by atoms with van der Waals surface area (Å²) in [4.78, 5) is 23.9. The normalized spacial score (nSPS) is 11.3. The van der Waals surface area contributed by atoms with Crippen LogP contribution < -0.4 is 25.1 Å². The van der Waals surface area contributed by atoms with Crippen molar-refractivity contribution >= 4 is 27.7 Å². The van der Waals surface area contributed by atoms with Crippen molar-refractivity contribution < 1.29 is 23.8 Å². The van der Waals surface area contributed by atoms with E-state index in [1.165, 1.54) is 7.11 Å². The van der Waals surface area contributed by atoms with E-state index in [0.29, 0.717) is 17.2 Å². The predicted octanol–water partition coefficient (Wildman–Crippen LogP) is 2.76. The lowest BCUT2D eigenvalue weighted by atomic mass is 10.2. The molecule has 8 heteroatoms. The molecule has 1 atom stereocenters. The van der Waals surface area contributed by atoms with E-state index in [-0.39, 0.29) is 6.61 Å². The molecule has 0 saturated carbocycles. The molecule has 0 bridgehead atoms. The van der Waals surface area contributed by atoms with E-state index in [0.717, 1.165) is 10.0 Å². The Hall–Kier alpha value is -2.74. The summed E-state index contributed by atoms with van der Waals surface area (Å²) in [6, 6.07) is 12.5. The molecular formula is C19H21BrN2O5. The van der Waals surface area contributed by atoms with E-state index >= 15 is 0 Å². The number of benzene rings is 2. The van der Waals surface area contributed by atoms with Crippen molar-refractivity contribution in [2.45, 2.75) is 20.0 Å². The zero-order valence-electron chi connectivity index (χ0n) is 15.2. The molecule has 0 spiro atoms. The number of amides is 2. The Balaban J connectivity index is 1.79. The summed E-state index contributed by atoms with van der Waals surface area (Å²) in [6.07, 6.45) is -0.839. The number of ether oxygens (including phenoxy) is 3.